The maximum absolute atomic E-state index is 9.80. The molecule has 6 nitrogen and oxygen atoms in total. The van der Waals surface area contributed by atoms with Gasteiger partial charge in [0.1, 0.15) is 12.2 Å². The van der Waals surface area contributed by atoms with Crippen molar-refractivity contribution in [1.82, 2.24) is 14.9 Å². The number of nitrogens with zero attached hydrogens (tertiary/aromatic N) is 4. The molecule has 1 saturated heterocycles. The fraction of sp³-hybridized carbons (Fsp3) is 0.370. The molecule has 33 heavy (non-hydrogen) atoms. The monoisotopic (exact) mass is 442 g/mol. The molecule has 170 valence electrons. The molecule has 1 N–H and O–H groups in total. The average Bonchev–Trinajstić information content (AvgIpc) is 2.85. The SMILES string of the molecule is CCN1CCC(Oc2c(C#N)ncc(C)c2-c2cc(-c3ccc(CO)cc3)cnc2C)CC1. The van der Waals surface area contributed by atoms with Crippen LogP contribution in [0.3, 0.4) is 0 Å². The second-order valence-electron chi connectivity index (χ2n) is 8.57. The molecule has 1 aromatic carbocycles. The van der Waals surface area contributed by atoms with Gasteiger partial charge in [-0.15, -0.1) is 0 Å². The Morgan fingerprint density at radius 3 is 2.45 bits per heavy atom. The summed E-state index contributed by atoms with van der Waals surface area (Å²) in [5, 5.41) is 19.1. The fourth-order valence-corrected chi connectivity index (χ4v) is 4.37. The van der Waals surface area contributed by atoms with Crippen molar-refractivity contribution in [3.05, 3.63) is 65.2 Å². The summed E-state index contributed by atoms with van der Waals surface area (Å²) in [6, 6.07) is 12.1. The van der Waals surface area contributed by atoms with E-state index in [9.17, 15) is 10.4 Å². The zero-order chi connectivity index (χ0) is 23.4. The molecular formula is C27H30N4O2. The summed E-state index contributed by atoms with van der Waals surface area (Å²) in [5.74, 6) is 0.560. The number of hydrogen-bond donors (Lipinski definition) is 1. The van der Waals surface area contributed by atoms with E-state index in [1.807, 2.05) is 44.3 Å². The number of aryl methyl sites for hydroxylation is 2. The molecule has 0 radical (unpaired) electrons. The van der Waals surface area contributed by atoms with E-state index < -0.39 is 0 Å². The largest absolute Gasteiger partial charge is 0.487 e. The normalized spacial score (nSPS) is 14.8. The minimum Gasteiger partial charge on any atom is -0.487 e. The highest BCUT2D eigenvalue weighted by molar-refractivity contribution is 5.80. The summed E-state index contributed by atoms with van der Waals surface area (Å²) in [6.45, 7) is 9.21. The van der Waals surface area contributed by atoms with Gasteiger partial charge in [-0.2, -0.15) is 5.26 Å². The van der Waals surface area contributed by atoms with Crippen LogP contribution in [0.25, 0.3) is 22.3 Å². The summed E-state index contributed by atoms with van der Waals surface area (Å²) in [4.78, 5) is 11.5. The second-order valence-corrected chi connectivity index (χ2v) is 8.57. The molecule has 0 atom stereocenters. The van der Waals surface area contributed by atoms with Gasteiger partial charge in [-0.3, -0.25) is 4.98 Å². The minimum absolute atomic E-state index is 0.0166. The first-order chi connectivity index (χ1) is 16.0. The number of pyridine rings is 2. The van der Waals surface area contributed by atoms with Crippen molar-refractivity contribution in [2.24, 2.45) is 0 Å². The quantitative estimate of drug-likeness (QED) is 0.598. The van der Waals surface area contributed by atoms with Crippen LogP contribution in [0.1, 0.15) is 42.3 Å². The maximum atomic E-state index is 9.80. The Kier molecular flexibility index (Phi) is 7.02. The van der Waals surface area contributed by atoms with Crippen molar-refractivity contribution >= 4 is 0 Å². The Labute approximate surface area is 195 Å². The number of likely N-dealkylation sites (tertiary alicyclic amines) is 1. The van der Waals surface area contributed by atoms with E-state index in [-0.39, 0.29) is 12.7 Å². The number of benzene rings is 1. The third-order valence-corrected chi connectivity index (χ3v) is 6.42. The average molecular weight is 443 g/mol. The molecule has 3 heterocycles. The number of nitriles is 1. The summed E-state index contributed by atoms with van der Waals surface area (Å²) in [6.07, 6.45) is 5.52. The van der Waals surface area contributed by atoms with Crippen LogP contribution < -0.4 is 4.74 Å². The van der Waals surface area contributed by atoms with E-state index >= 15 is 0 Å². The minimum atomic E-state index is 0.0166. The highest BCUT2D eigenvalue weighted by atomic mass is 16.5. The fourth-order valence-electron chi connectivity index (χ4n) is 4.37. The van der Waals surface area contributed by atoms with Crippen molar-refractivity contribution in [2.75, 3.05) is 19.6 Å². The van der Waals surface area contributed by atoms with Crippen molar-refractivity contribution in [3.63, 3.8) is 0 Å². The maximum Gasteiger partial charge on any atom is 0.183 e. The molecule has 0 aliphatic carbocycles. The Morgan fingerprint density at radius 1 is 1.09 bits per heavy atom. The van der Waals surface area contributed by atoms with Crippen LogP contribution in [0.5, 0.6) is 5.75 Å². The third kappa shape index (κ3) is 4.90. The van der Waals surface area contributed by atoms with Crippen molar-refractivity contribution in [2.45, 2.75) is 46.3 Å². The molecule has 1 aliphatic heterocycles. The van der Waals surface area contributed by atoms with Gasteiger partial charge in [0.2, 0.25) is 0 Å². The van der Waals surface area contributed by atoms with Gasteiger partial charge in [-0.1, -0.05) is 31.2 Å². The molecule has 0 spiro atoms. The Morgan fingerprint density at radius 2 is 1.82 bits per heavy atom. The van der Waals surface area contributed by atoms with Gasteiger partial charge in [0.25, 0.3) is 0 Å². The van der Waals surface area contributed by atoms with Gasteiger partial charge in [-0.25, -0.2) is 4.98 Å². The van der Waals surface area contributed by atoms with E-state index in [1.54, 1.807) is 6.20 Å². The predicted octanol–water partition coefficient (Wildman–Crippen LogP) is 4.65. The van der Waals surface area contributed by atoms with E-state index in [0.717, 1.165) is 71.6 Å². The molecule has 1 fully saturated rings. The van der Waals surface area contributed by atoms with Gasteiger partial charge in [-0.05, 0) is 56.0 Å². The van der Waals surface area contributed by atoms with Crippen molar-refractivity contribution in [3.8, 4) is 34.1 Å². The molecular weight excluding hydrogens is 412 g/mol. The highest BCUT2D eigenvalue weighted by Gasteiger charge is 2.25. The molecule has 4 rings (SSSR count). The van der Waals surface area contributed by atoms with Crippen LogP contribution >= 0.6 is 0 Å². The van der Waals surface area contributed by atoms with E-state index in [1.165, 1.54) is 0 Å². The third-order valence-electron chi connectivity index (χ3n) is 6.42. The number of aliphatic hydroxyl groups is 1. The van der Waals surface area contributed by atoms with Crippen LogP contribution in [0.2, 0.25) is 0 Å². The lowest BCUT2D eigenvalue weighted by Gasteiger charge is -2.32. The van der Waals surface area contributed by atoms with Crippen molar-refractivity contribution < 1.29 is 9.84 Å². The molecule has 0 amide bonds. The molecule has 2 aromatic heterocycles. The zero-order valence-electron chi connectivity index (χ0n) is 19.5. The summed E-state index contributed by atoms with van der Waals surface area (Å²) >= 11 is 0. The number of aromatic nitrogens is 2. The van der Waals surface area contributed by atoms with E-state index in [2.05, 4.69) is 33.9 Å². The number of rotatable bonds is 6. The highest BCUT2D eigenvalue weighted by Crippen LogP contribution is 2.39. The Hall–Kier alpha value is -3.27. The van der Waals surface area contributed by atoms with E-state index in [0.29, 0.717) is 11.4 Å². The van der Waals surface area contributed by atoms with Crippen LogP contribution in [-0.2, 0) is 6.61 Å². The summed E-state index contributed by atoms with van der Waals surface area (Å²) in [5.41, 5.74) is 6.81. The molecule has 0 unspecified atom stereocenters. The zero-order valence-corrected chi connectivity index (χ0v) is 19.5. The van der Waals surface area contributed by atoms with Crippen LogP contribution in [-0.4, -0.2) is 45.7 Å². The first kappa shape index (κ1) is 22.9. The lowest BCUT2D eigenvalue weighted by Crippen LogP contribution is -2.38. The second kappa shape index (κ2) is 10.1. The Balaban J connectivity index is 1.76. The molecule has 0 saturated carbocycles. The van der Waals surface area contributed by atoms with Crippen LogP contribution in [0, 0.1) is 25.2 Å². The van der Waals surface area contributed by atoms with Gasteiger partial charge in [0.15, 0.2) is 11.4 Å². The smallest absolute Gasteiger partial charge is 0.183 e. The molecule has 3 aromatic rings. The first-order valence-corrected chi connectivity index (χ1v) is 11.5. The van der Waals surface area contributed by atoms with Crippen molar-refractivity contribution in [1.29, 1.82) is 5.26 Å². The van der Waals surface area contributed by atoms with Gasteiger partial charge in [0.05, 0.1) is 6.61 Å². The number of aliphatic hydroxyl groups excluding tert-OH is 1. The van der Waals surface area contributed by atoms with Crippen LogP contribution in [0.15, 0.2) is 42.7 Å². The van der Waals surface area contributed by atoms with E-state index in [4.69, 9.17) is 4.74 Å². The van der Waals surface area contributed by atoms with Gasteiger partial charge in [0, 0.05) is 47.9 Å². The molecule has 1 aliphatic rings. The number of hydrogen-bond acceptors (Lipinski definition) is 6. The molecule has 0 bridgehead atoms. The van der Waals surface area contributed by atoms with Gasteiger partial charge >= 0.3 is 0 Å². The van der Waals surface area contributed by atoms with Gasteiger partial charge < -0.3 is 14.7 Å². The summed E-state index contributed by atoms with van der Waals surface area (Å²) in [7, 11) is 0. The Bertz CT molecular complexity index is 1160. The van der Waals surface area contributed by atoms with Crippen LogP contribution in [0.4, 0.5) is 0 Å². The summed E-state index contributed by atoms with van der Waals surface area (Å²) < 4.78 is 6.50. The topological polar surface area (TPSA) is 82.3 Å². The number of ether oxygens (including phenoxy) is 1. The standard InChI is InChI=1S/C27H30N4O2/c1-4-31-11-9-23(10-12-31)33-27-25(14-28)30-15-18(2)26(27)24-13-22(16-29-19(24)3)21-7-5-20(17-32)6-8-21/h5-8,13,15-16,23,32H,4,9-12,17H2,1-3H3. The lowest BCUT2D eigenvalue weighted by molar-refractivity contribution is 0.103. The number of piperidine rings is 1. The predicted molar refractivity (Wildman–Crippen MR) is 129 cm³/mol. The first-order valence-electron chi connectivity index (χ1n) is 11.5. The lowest BCUT2D eigenvalue weighted by atomic mass is 9.95. The molecule has 6 heteroatoms.